The molecule has 5 nitrogen and oxygen atoms in total. The van der Waals surface area contributed by atoms with Crippen molar-refractivity contribution in [2.24, 2.45) is 0 Å². The van der Waals surface area contributed by atoms with E-state index in [2.05, 4.69) is 24.1 Å². The zero-order valence-corrected chi connectivity index (χ0v) is 11.9. The molecule has 1 heterocycles. The van der Waals surface area contributed by atoms with Gasteiger partial charge in [0.05, 0.1) is 15.5 Å². The standard InChI is InChI=1S/C13H18ClN3O2/c1-9-7-16(10(2)6-15-9)8-11-12(14)4-3-5-13(11)17(18)19/h3-5,9-10,15H,6-8H2,1-2H3. The topological polar surface area (TPSA) is 58.4 Å². The van der Waals surface area contributed by atoms with Gasteiger partial charge in [0.1, 0.15) is 0 Å². The summed E-state index contributed by atoms with van der Waals surface area (Å²) in [6.07, 6.45) is 0. The van der Waals surface area contributed by atoms with Crippen molar-refractivity contribution in [2.45, 2.75) is 32.5 Å². The van der Waals surface area contributed by atoms with Crippen LogP contribution in [-0.4, -0.2) is 35.0 Å². The Morgan fingerprint density at radius 2 is 2.26 bits per heavy atom. The van der Waals surface area contributed by atoms with Crippen LogP contribution in [0.4, 0.5) is 5.69 Å². The average Bonchev–Trinajstić information content (AvgIpc) is 2.35. The highest BCUT2D eigenvalue weighted by molar-refractivity contribution is 6.31. The van der Waals surface area contributed by atoms with Gasteiger partial charge >= 0.3 is 0 Å². The molecule has 104 valence electrons. The quantitative estimate of drug-likeness (QED) is 0.684. The molecule has 0 aliphatic carbocycles. The van der Waals surface area contributed by atoms with E-state index < -0.39 is 0 Å². The van der Waals surface area contributed by atoms with E-state index in [1.807, 2.05) is 0 Å². The summed E-state index contributed by atoms with van der Waals surface area (Å²) in [5.41, 5.74) is 0.709. The Hall–Kier alpha value is -1.17. The molecule has 0 bridgehead atoms. The zero-order chi connectivity index (χ0) is 14.0. The Bertz CT molecular complexity index is 481. The Balaban J connectivity index is 2.25. The van der Waals surface area contributed by atoms with E-state index in [0.717, 1.165) is 13.1 Å². The molecule has 0 saturated carbocycles. The number of benzene rings is 1. The lowest BCUT2D eigenvalue weighted by atomic mass is 10.1. The van der Waals surface area contributed by atoms with Gasteiger partial charge in [-0.1, -0.05) is 17.7 Å². The van der Waals surface area contributed by atoms with Gasteiger partial charge in [-0.05, 0) is 19.9 Å². The van der Waals surface area contributed by atoms with Gasteiger partial charge in [-0.25, -0.2) is 0 Å². The normalized spacial score (nSPS) is 24.4. The van der Waals surface area contributed by atoms with Gasteiger partial charge in [0.2, 0.25) is 0 Å². The average molecular weight is 284 g/mol. The maximum absolute atomic E-state index is 11.1. The molecule has 1 N–H and O–H groups in total. The molecule has 1 fully saturated rings. The minimum absolute atomic E-state index is 0.103. The van der Waals surface area contributed by atoms with Crippen molar-refractivity contribution in [3.8, 4) is 0 Å². The molecular weight excluding hydrogens is 266 g/mol. The largest absolute Gasteiger partial charge is 0.311 e. The van der Waals surface area contributed by atoms with Gasteiger partial charge in [0, 0.05) is 37.8 Å². The molecule has 19 heavy (non-hydrogen) atoms. The summed E-state index contributed by atoms with van der Waals surface area (Å²) in [5, 5.41) is 14.9. The minimum atomic E-state index is -0.364. The van der Waals surface area contributed by atoms with E-state index in [1.54, 1.807) is 12.1 Å². The predicted molar refractivity (Wildman–Crippen MR) is 75.4 cm³/mol. The second kappa shape index (κ2) is 5.86. The van der Waals surface area contributed by atoms with Crippen molar-refractivity contribution in [3.63, 3.8) is 0 Å². The van der Waals surface area contributed by atoms with E-state index in [-0.39, 0.29) is 10.6 Å². The predicted octanol–water partition coefficient (Wildman–Crippen LogP) is 2.43. The molecular formula is C13H18ClN3O2. The number of halogens is 1. The van der Waals surface area contributed by atoms with Crippen LogP contribution in [0, 0.1) is 10.1 Å². The van der Waals surface area contributed by atoms with Crippen molar-refractivity contribution in [1.29, 1.82) is 0 Å². The molecule has 2 rings (SSSR count). The van der Waals surface area contributed by atoms with Crippen LogP contribution in [0.5, 0.6) is 0 Å². The lowest BCUT2D eigenvalue weighted by Crippen LogP contribution is -2.53. The highest BCUT2D eigenvalue weighted by Gasteiger charge is 2.26. The maximum atomic E-state index is 11.1. The summed E-state index contributed by atoms with van der Waals surface area (Å²) in [7, 11) is 0. The summed E-state index contributed by atoms with van der Waals surface area (Å²) >= 11 is 6.13. The number of rotatable bonds is 3. The van der Waals surface area contributed by atoms with Crippen LogP contribution in [0.3, 0.4) is 0 Å². The molecule has 6 heteroatoms. The van der Waals surface area contributed by atoms with Crippen molar-refractivity contribution < 1.29 is 4.92 Å². The van der Waals surface area contributed by atoms with Crippen LogP contribution >= 0.6 is 11.6 Å². The first kappa shape index (κ1) is 14.2. The molecule has 1 aliphatic heterocycles. The second-order valence-electron chi connectivity index (χ2n) is 5.08. The fourth-order valence-electron chi connectivity index (χ4n) is 2.40. The van der Waals surface area contributed by atoms with Crippen LogP contribution in [0.2, 0.25) is 5.02 Å². The van der Waals surface area contributed by atoms with E-state index >= 15 is 0 Å². The van der Waals surface area contributed by atoms with E-state index in [1.165, 1.54) is 6.07 Å². The van der Waals surface area contributed by atoms with Gasteiger partial charge in [-0.15, -0.1) is 0 Å². The molecule has 0 spiro atoms. The van der Waals surface area contributed by atoms with Crippen LogP contribution in [0.25, 0.3) is 0 Å². The number of nitro groups is 1. The molecule has 0 amide bonds. The Kier molecular flexibility index (Phi) is 4.39. The van der Waals surface area contributed by atoms with Gasteiger partial charge < -0.3 is 5.32 Å². The minimum Gasteiger partial charge on any atom is -0.311 e. The van der Waals surface area contributed by atoms with E-state index in [9.17, 15) is 10.1 Å². The number of hydrogen-bond acceptors (Lipinski definition) is 4. The first-order valence-electron chi connectivity index (χ1n) is 6.38. The van der Waals surface area contributed by atoms with E-state index in [0.29, 0.717) is 29.2 Å². The van der Waals surface area contributed by atoms with Crippen LogP contribution < -0.4 is 5.32 Å². The monoisotopic (exact) mass is 283 g/mol. The Morgan fingerprint density at radius 1 is 1.53 bits per heavy atom. The molecule has 1 aromatic carbocycles. The third-order valence-corrected chi connectivity index (χ3v) is 3.90. The molecule has 0 radical (unpaired) electrons. The Morgan fingerprint density at radius 3 is 2.95 bits per heavy atom. The first-order valence-corrected chi connectivity index (χ1v) is 6.76. The van der Waals surface area contributed by atoms with Crippen LogP contribution in [-0.2, 0) is 6.54 Å². The number of piperazine rings is 1. The van der Waals surface area contributed by atoms with Gasteiger partial charge in [0.15, 0.2) is 0 Å². The molecule has 0 aromatic heterocycles. The fourth-order valence-corrected chi connectivity index (χ4v) is 2.62. The SMILES string of the molecule is CC1CN(Cc2c(Cl)cccc2[N+](=O)[O-])C(C)CN1. The molecule has 1 aromatic rings. The Labute approximate surface area is 117 Å². The molecule has 1 aliphatic rings. The lowest BCUT2D eigenvalue weighted by molar-refractivity contribution is -0.385. The summed E-state index contributed by atoms with van der Waals surface area (Å²) in [5.74, 6) is 0. The fraction of sp³-hybridized carbons (Fsp3) is 0.538. The highest BCUT2D eigenvalue weighted by atomic mass is 35.5. The van der Waals surface area contributed by atoms with Crippen molar-refractivity contribution >= 4 is 17.3 Å². The van der Waals surface area contributed by atoms with Crippen LogP contribution in [0.1, 0.15) is 19.4 Å². The smallest absolute Gasteiger partial charge is 0.275 e. The lowest BCUT2D eigenvalue weighted by Gasteiger charge is -2.37. The zero-order valence-electron chi connectivity index (χ0n) is 11.1. The first-order chi connectivity index (χ1) is 8.99. The summed E-state index contributed by atoms with van der Waals surface area (Å²) in [6.45, 7) is 6.49. The van der Waals surface area contributed by atoms with Crippen molar-refractivity contribution in [2.75, 3.05) is 13.1 Å². The van der Waals surface area contributed by atoms with Crippen molar-refractivity contribution in [3.05, 3.63) is 38.9 Å². The number of nitrogens with zero attached hydrogens (tertiary/aromatic N) is 2. The summed E-state index contributed by atoms with van der Waals surface area (Å²) in [4.78, 5) is 12.9. The number of nitro benzene ring substituents is 1. The maximum Gasteiger partial charge on any atom is 0.275 e. The van der Waals surface area contributed by atoms with Crippen molar-refractivity contribution in [1.82, 2.24) is 10.2 Å². The number of nitrogens with one attached hydrogen (secondary N) is 1. The summed E-state index contributed by atoms with van der Waals surface area (Å²) in [6, 6.07) is 5.57. The highest BCUT2D eigenvalue weighted by Crippen LogP contribution is 2.28. The number of hydrogen-bond donors (Lipinski definition) is 1. The molecule has 2 atom stereocenters. The van der Waals surface area contributed by atoms with Gasteiger partial charge in [-0.3, -0.25) is 15.0 Å². The van der Waals surface area contributed by atoms with Gasteiger partial charge in [-0.2, -0.15) is 0 Å². The third-order valence-electron chi connectivity index (χ3n) is 3.55. The molecule has 1 saturated heterocycles. The van der Waals surface area contributed by atoms with Crippen LogP contribution in [0.15, 0.2) is 18.2 Å². The van der Waals surface area contributed by atoms with E-state index in [4.69, 9.17) is 11.6 Å². The van der Waals surface area contributed by atoms with Gasteiger partial charge in [0.25, 0.3) is 5.69 Å². The molecule has 2 unspecified atom stereocenters. The second-order valence-corrected chi connectivity index (χ2v) is 5.49. The summed E-state index contributed by atoms with van der Waals surface area (Å²) < 4.78 is 0. The third kappa shape index (κ3) is 3.23.